The van der Waals surface area contributed by atoms with Crippen LogP contribution in [0.3, 0.4) is 0 Å². The monoisotopic (exact) mass is 364 g/mol. The summed E-state index contributed by atoms with van der Waals surface area (Å²) >= 11 is 0. The van der Waals surface area contributed by atoms with Crippen molar-refractivity contribution in [2.24, 2.45) is 0 Å². The molecule has 0 saturated heterocycles. The van der Waals surface area contributed by atoms with Gasteiger partial charge in [-0.2, -0.15) is 7.11 Å². The molecule has 0 bridgehead atoms. The van der Waals surface area contributed by atoms with Crippen LogP contribution in [0.15, 0.2) is 12.1 Å². The van der Waals surface area contributed by atoms with Gasteiger partial charge in [0.1, 0.15) is 0 Å². The minimum Gasteiger partial charge on any atom is -0.857 e. The van der Waals surface area contributed by atoms with Crippen LogP contribution in [0.5, 0.6) is 0 Å². The van der Waals surface area contributed by atoms with E-state index in [2.05, 4.69) is 0 Å². The van der Waals surface area contributed by atoms with Gasteiger partial charge in [-0.1, -0.05) is 13.8 Å². The van der Waals surface area contributed by atoms with Gasteiger partial charge in [-0.05, 0) is 19.1 Å². The molecule has 0 heterocycles. The summed E-state index contributed by atoms with van der Waals surface area (Å²) in [4.78, 5) is 43.2. The zero-order valence-corrected chi connectivity index (χ0v) is 21.1. The molecule has 10 heteroatoms. The number of aromatic carboxylic acids is 2. The smallest absolute Gasteiger partial charge is 0.857 e. The molecule has 1 rings (SSSR count). The second-order valence-corrected chi connectivity index (χ2v) is 3.23. The Morgan fingerprint density at radius 3 is 1.46 bits per heavy atom. The van der Waals surface area contributed by atoms with Gasteiger partial charge in [0.2, 0.25) is 0 Å². The Bertz CT molecular complexity index is 545. The molecule has 24 heavy (non-hydrogen) atoms. The molecule has 0 saturated carbocycles. The molecule has 7 nitrogen and oxygen atoms in total. The Morgan fingerprint density at radius 1 is 0.833 bits per heavy atom. The molecule has 0 amide bonds. The number of hydrogen-bond acceptors (Lipinski definition) is 7. The fourth-order valence-electron chi connectivity index (χ4n) is 1.35. The molecule has 0 aliphatic carbocycles. The van der Waals surface area contributed by atoms with Gasteiger partial charge in [-0.15, -0.1) is 0 Å². The Kier molecular flexibility index (Phi) is 29.3. The SMILES string of the molecule is CC.CC(=O)c1cc(C=O)c(C(=O)[O-])cc1C(=O)[O-].C[O-].[Na+].[Na+].[Na+]. The zero-order chi connectivity index (χ0) is 17.2. The largest absolute Gasteiger partial charge is 1.00 e. The van der Waals surface area contributed by atoms with Crippen LogP contribution in [0.2, 0.25) is 0 Å². The number of carboxylic acids is 2. The number of carbonyl (C=O) groups excluding carboxylic acids is 4. The number of ketones is 1. The summed E-state index contributed by atoms with van der Waals surface area (Å²) in [6, 6.07) is 1.58. The van der Waals surface area contributed by atoms with Gasteiger partial charge in [0.15, 0.2) is 12.1 Å². The van der Waals surface area contributed by atoms with E-state index in [4.69, 9.17) is 5.11 Å². The van der Waals surface area contributed by atoms with Crippen LogP contribution in [0, 0.1) is 0 Å². The maximum atomic E-state index is 11.1. The predicted octanol–water partition coefficient (Wildman–Crippen LogP) is -10.6. The van der Waals surface area contributed by atoms with E-state index < -0.39 is 28.8 Å². The van der Waals surface area contributed by atoms with Crippen LogP contribution in [-0.2, 0) is 0 Å². The van der Waals surface area contributed by atoms with E-state index >= 15 is 0 Å². The average molecular weight is 364 g/mol. The quantitative estimate of drug-likeness (QED) is 0.294. The van der Waals surface area contributed by atoms with Crippen molar-refractivity contribution >= 4 is 24.0 Å². The topological polar surface area (TPSA) is 137 Å². The van der Waals surface area contributed by atoms with Crippen molar-refractivity contribution < 1.29 is 123 Å². The summed E-state index contributed by atoms with van der Waals surface area (Å²) < 4.78 is 0. The van der Waals surface area contributed by atoms with E-state index in [9.17, 15) is 29.4 Å². The number of rotatable bonds is 4. The number of Topliss-reactive ketones (excluding diaryl/α,β-unsaturated/α-hetero) is 1. The molecule has 116 valence electrons. The molecule has 0 aromatic heterocycles. The van der Waals surface area contributed by atoms with Crippen LogP contribution in [0.1, 0.15) is 62.2 Å². The van der Waals surface area contributed by atoms with Gasteiger partial charge >= 0.3 is 88.7 Å². The first-order valence-corrected chi connectivity index (χ1v) is 5.86. The van der Waals surface area contributed by atoms with Crippen molar-refractivity contribution in [1.29, 1.82) is 0 Å². The van der Waals surface area contributed by atoms with Crippen molar-refractivity contribution in [2.45, 2.75) is 20.8 Å². The molecule has 0 fully saturated rings. The summed E-state index contributed by atoms with van der Waals surface area (Å²) in [5.41, 5.74) is -1.77. The molecule has 1 aromatic carbocycles. The van der Waals surface area contributed by atoms with Gasteiger partial charge in [0, 0.05) is 22.3 Å². The maximum absolute atomic E-state index is 11.1. The van der Waals surface area contributed by atoms with Crippen molar-refractivity contribution in [3.63, 3.8) is 0 Å². The van der Waals surface area contributed by atoms with Gasteiger partial charge in [0.05, 0.1) is 11.9 Å². The van der Waals surface area contributed by atoms with E-state index in [1.165, 1.54) is 0 Å². The Morgan fingerprint density at radius 2 is 1.21 bits per heavy atom. The molecule has 0 aliphatic heterocycles. The third kappa shape index (κ3) is 11.1. The Balaban J connectivity index is -0.000000160. The van der Waals surface area contributed by atoms with Crippen LogP contribution in [0.25, 0.3) is 0 Å². The first kappa shape index (κ1) is 35.5. The minimum atomic E-state index is -1.70. The minimum absolute atomic E-state index is 0. The van der Waals surface area contributed by atoms with Gasteiger partial charge < -0.3 is 24.9 Å². The second-order valence-electron chi connectivity index (χ2n) is 3.23. The number of carbonyl (C=O) groups is 4. The van der Waals surface area contributed by atoms with Crippen LogP contribution < -0.4 is 104 Å². The number of hydrogen-bond donors (Lipinski definition) is 0. The normalized spacial score (nSPS) is 7.38. The molecule has 0 aliphatic rings. The molecule has 0 N–H and O–H groups in total. The van der Waals surface area contributed by atoms with Crippen molar-refractivity contribution in [3.8, 4) is 0 Å². The molecule has 1 aromatic rings. The third-order valence-electron chi connectivity index (χ3n) is 2.14. The number of aldehydes is 1. The van der Waals surface area contributed by atoms with E-state index in [0.29, 0.717) is 6.07 Å². The van der Waals surface area contributed by atoms with Crippen molar-refractivity contribution in [3.05, 3.63) is 34.4 Å². The first-order chi connectivity index (χ1) is 9.88. The molecule has 0 radical (unpaired) electrons. The van der Waals surface area contributed by atoms with Crippen LogP contribution >= 0.6 is 0 Å². The molecule has 0 unspecified atom stereocenters. The fourth-order valence-corrected chi connectivity index (χ4v) is 1.35. The summed E-state index contributed by atoms with van der Waals surface area (Å²) in [6.45, 7) is 5.09. The van der Waals surface area contributed by atoms with Gasteiger partial charge in [-0.3, -0.25) is 9.59 Å². The maximum Gasteiger partial charge on any atom is 1.00 e. The molecule has 0 atom stereocenters. The zero-order valence-electron chi connectivity index (χ0n) is 15.1. The first-order valence-electron chi connectivity index (χ1n) is 5.86. The van der Waals surface area contributed by atoms with Gasteiger partial charge in [-0.25, -0.2) is 0 Å². The molecular weight excluding hydrogens is 349 g/mol. The van der Waals surface area contributed by atoms with Gasteiger partial charge in [0.25, 0.3) is 0 Å². The Hall–Kier alpha value is 0.460. The average Bonchev–Trinajstić information content (AvgIpc) is 2.49. The standard InChI is InChI=1S/C11H8O6.C2H6.CH3O.3Na/c1-5(13)7-2-6(4-12)8(10(14)15)3-9(7)11(16)17;2*1-2;;;/h2-4H,1H3,(H,14,15)(H,16,17);1-2H3;1H3;;;/q;;-1;3*+1/p-2. The summed E-state index contributed by atoms with van der Waals surface area (Å²) in [6.07, 6.45) is 0.205. The molecule has 0 spiro atoms. The Labute approximate surface area is 207 Å². The van der Waals surface area contributed by atoms with Crippen LogP contribution in [0.4, 0.5) is 0 Å². The summed E-state index contributed by atoms with van der Waals surface area (Å²) in [5, 5.41) is 29.7. The van der Waals surface area contributed by atoms with E-state index in [-0.39, 0.29) is 106 Å². The number of benzene rings is 1. The van der Waals surface area contributed by atoms with E-state index in [1.807, 2.05) is 13.8 Å². The van der Waals surface area contributed by atoms with E-state index in [0.717, 1.165) is 20.1 Å². The van der Waals surface area contributed by atoms with Crippen LogP contribution in [-0.4, -0.2) is 31.1 Å². The number of carboxylic acid groups (broad SMARTS) is 2. The second kappa shape index (κ2) is 19.8. The fraction of sp³-hybridized carbons (Fsp3) is 0.286. The third-order valence-corrected chi connectivity index (χ3v) is 2.14. The van der Waals surface area contributed by atoms with E-state index in [1.54, 1.807) is 0 Å². The molecular formula is C14H15Na3O7. The predicted molar refractivity (Wildman–Crippen MR) is 67.8 cm³/mol. The van der Waals surface area contributed by atoms with Crippen molar-refractivity contribution in [1.82, 2.24) is 0 Å². The van der Waals surface area contributed by atoms with Crippen molar-refractivity contribution in [2.75, 3.05) is 7.11 Å². The summed E-state index contributed by atoms with van der Waals surface area (Å²) in [5.74, 6) is -4.02. The summed E-state index contributed by atoms with van der Waals surface area (Å²) in [7, 11) is 0.750.